The number of urea groups is 1. The molecule has 0 fully saturated rings. The monoisotopic (exact) mass is 421 g/mol. The van der Waals surface area contributed by atoms with Crippen LogP contribution in [0.25, 0.3) is 0 Å². The van der Waals surface area contributed by atoms with Crippen LogP contribution in [0.4, 0.5) is 16.2 Å². The molecule has 3 amide bonds. The molecule has 0 spiro atoms. The summed E-state index contributed by atoms with van der Waals surface area (Å²) in [6, 6.07) is 21.8. The van der Waals surface area contributed by atoms with Crippen molar-refractivity contribution in [3.63, 3.8) is 0 Å². The van der Waals surface area contributed by atoms with Gasteiger partial charge < -0.3 is 9.47 Å². The Bertz CT molecular complexity index is 1040. The van der Waals surface area contributed by atoms with Crippen LogP contribution in [0.2, 0.25) is 0 Å². The smallest absolute Gasteiger partial charge is 0.345 e. The average Bonchev–Trinajstić information content (AvgIpc) is 2.79. The fourth-order valence-corrected chi connectivity index (χ4v) is 4.08. The number of benzene rings is 3. The number of carbonyl (C=O) groups excluding carboxylic acids is 2. The Labute approximate surface area is 178 Å². The van der Waals surface area contributed by atoms with Crippen LogP contribution in [-0.2, 0) is 4.79 Å². The second-order valence-corrected chi connectivity index (χ2v) is 7.37. The molecule has 3 aromatic rings. The Kier molecular flexibility index (Phi) is 5.76. The Balaban J connectivity index is 1.43. The first-order chi connectivity index (χ1) is 14.7. The number of para-hydroxylation sites is 4. The Morgan fingerprint density at radius 1 is 0.833 bits per heavy atom. The first-order valence-electron chi connectivity index (χ1n) is 9.18. The lowest BCUT2D eigenvalue weighted by atomic mass is 10.2. The first-order valence-corrected chi connectivity index (χ1v) is 9.99. The fourth-order valence-electron chi connectivity index (χ4n) is 3.02. The zero-order chi connectivity index (χ0) is 20.9. The summed E-state index contributed by atoms with van der Waals surface area (Å²) in [7, 11) is 1.52. The van der Waals surface area contributed by atoms with Gasteiger partial charge in [0.2, 0.25) is 0 Å². The van der Waals surface area contributed by atoms with Crippen molar-refractivity contribution in [1.29, 1.82) is 0 Å². The lowest BCUT2D eigenvalue weighted by Gasteiger charge is -2.30. The number of fused-ring (bicyclic) bond motifs is 2. The first kappa shape index (κ1) is 19.7. The summed E-state index contributed by atoms with van der Waals surface area (Å²) in [5.41, 5.74) is 6.36. The van der Waals surface area contributed by atoms with E-state index in [4.69, 9.17) is 9.47 Å². The zero-order valence-corrected chi connectivity index (χ0v) is 16.9. The Morgan fingerprint density at radius 3 is 2.03 bits per heavy atom. The minimum absolute atomic E-state index is 0.274. The average molecular weight is 421 g/mol. The Morgan fingerprint density at radius 2 is 1.40 bits per heavy atom. The topological polar surface area (TPSA) is 79.9 Å². The number of ether oxygens (including phenoxy) is 2. The standard InChI is InChI=1S/C22H19N3O4S/c1-28-17-10-4-5-11-18(17)29-14-21(26)23-24-22(27)25-15-8-2-6-12-19(15)30-20-13-7-3-9-16(20)25/h2-13H,14H2,1H3,(H,23,26)(H,24,27). The molecule has 0 radical (unpaired) electrons. The van der Waals surface area contributed by atoms with E-state index in [0.717, 1.165) is 21.2 Å². The summed E-state index contributed by atoms with van der Waals surface area (Å²) in [5.74, 6) is 0.466. The highest BCUT2D eigenvalue weighted by Gasteiger charge is 2.28. The van der Waals surface area contributed by atoms with Gasteiger partial charge in [0.25, 0.3) is 5.91 Å². The molecular weight excluding hydrogens is 402 g/mol. The van der Waals surface area contributed by atoms with Gasteiger partial charge in [-0.15, -0.1) is 0 Å². The van der Waals surface area contributed by atoms with E-state index in [1.54, 1.807) is 40.9 Å². The molecule has 0 bridgehead atoms. The minimum Gasteiger partial charge on any atom is -0.493 e. The van der Waals surface area contributed by atoms with E-state index in [1.165, 1.54) is 7.11 Å². The number of carbonyl (C=O) groups is 2. The van der Waals surface area contributed by atoms with E-state index >= 15 is 0 Å². The van der Waals surface area contributed by atoms with Gasteiger partial charge in [0.1, 0.15) is 0 Å². The molecule has 8 heteroatoms. The fraction of sp³-hybridized carbons (Fsp3) is 0.0909. The maximum Gasteiger partial charge on any atom is 0.345 e. The Hall–Kier alpha value is -3.65. The van der Waals surface area contributed by atoms with Crippen molar-refractivity contribution in [3.8, 4) is 11.5 Å². The number of amides is 3. The number of hydrazine groups is 1. The van der Waals surface area contributed by atoms with Crippen LogP contribution in [0.3, 0.4) is 0 Å². The van der Waals surface area contributed by atoms with Crippen molar-refractivity contribution < 1.29 is 19.1 Å². The third-order valence-corrected chi connectivity index (χ3v) is 5.50. The van der Waals surface area contributed by atoms with Gasteiger partial charge in [-0.3, -0.25) is 15.1 Å². The summed E-state index contributed by atoms with van der Waals surface area (Å²) < 4.78 is 10.7. The number of rotatable bonds is 4. The number of hydrogen-bond donors (Lipinski definition) is 2. The van der Waals surface area contributed by atoms with Crippen molar-refractivity contribution >= 4 is 35.1 Å². The lowest BCUT2D eigenvalue weighted by molar-refractivity contribution is -0.123. The van der Waals surface area contributed by atoms with E-state index in [1.807, 2.05) is 48.5 Å². The molecular formula is C22H19N3O4S. The molecule has 0 saturated heterocycles. The summed E-state index contributed by atoms with van der Waals surface area (Å²) >= 11 is 1.60. The highest BCUT2D eigenvalue weighted by Crippen LogP contribution is 2.47. The molecule has 1 aliphatic rings. The van der Waals surface area contributed by atoms with Crippen molar-refractivity contribution in [1.82, 2.24) is 10.9 Å². The number of anilines is 2. The molecule has 0 aliphatic carbocycles. The molecule has 1 aliphatic heterocycles. The highest BCUT2D eigenvalue weighted by atomic mass is 32.2. The number of nitrogens with zero attached hydrogens (tertiary/aromatic N) is 1. The van der Waals surface area contributed by atoms with Crippen LogP contribution in [-0.4, -0.2) is 25.7 Å². The largest absolute Gasteiger partial charge is 0.493 e. The lowest BCUT2D eigenvalue weighted by Crippen LogP contribution is -2.49. The summed E-state index contributed by atoms with van der Waals surface area (Å²) in [6.45, 7) is -0.274. The SMILES string of the molecule is COc1ccccc1OCC(=O)NNC(=O)N1c2ccccc2Sc2ccccc21. The van der Waals surface area contributed by atoms with Crippen molar-refractivity contribution in [2.75, 3.05) is 18.6 Å². The molecule has 0 saturated carbocycles. The van der Waals surface area contributed by atoms with Crippen LogP contribution < -0.4 is 25.2 Å². The molecule has 1 heterocycles. The number of hydrogen-bond acceptors (Lipinski definition) is 5. The second kappa shape index (κ2) is 8.79. The highest BCUT2D eigenvalue weighted by molar-refractivity contribution is 7.99. The summed E-state index contributed by atoms with van der Waals surface area (Å²) in [4.78, 5) is 28.6. The predicted molar refractivity (Wildman–Crippen MR) is 114 cm³/mol. The van der Waals surface area contributed by atoms with Crippen LogP contribution in [0, 0.1) is 0 Å². The van der Waals surface area contributed by atoms with E-state index in [0.29, 0.717) is 11.5 Å². The number of nitrogens with one attached hydrogen (secondary N) is 2. The van der Waals surface area contributed by atoms with E-state index in [9.17, 15) is 9.59 Å². The van der Waals surface area contributed by atoms with Gasteiger partial charge in [-0.05, 0) is 36.4 Å². The number of methoxy groups -OCH3 is 1. The molecule has 0 unspecified atom stereocenters. The maximum atomic E-state index is 12.9. The molecule has 152 valence electrons. The predicted octanol–water partition coefficient (Wildman–Crippen LogP) is 4.12. The van der Waals surface area contributed by atoms with E-state index < -0.39 is 11.9 Å². The van der Waals surface area contributed by atoms with Crippen LogP contribution >= 0.6 is 11.8 Å². The van der Waals surface area contributed by atoms with Gasteiger partial charge >= 0.3 is 6.03 Å². The molecule has 3 aromatic carbocycles. The van der Waals surface area contributed by atoms with Crippen LogP contribution in [0.15, 0.2) is 82.6 Å². The van der Waals surface area contributed by atoms with Crippen molar-refractivity contribution in [2.24, 2.45) is 0 Å². The minimum atomic E-state index is -0.498. The normalized spacial score (nSPS) is 11.7. The summed E-state index contributed by atoms with van der Waals surface area (Å²) in [5, 5.41) is 0. The molecule has 30 heavy (non-hydrogen) atoms. The molecule has 7 nitrogen and oxygen atoms in total. The molecule has 0 aromatic heterocycles. The maximum absolute atomic E-state index is 12.9. The van der Waals surface area contributed by atoms with E-state index in [2.05, 4.69) is 10.9 Å². The summed E-state index contributed by atoms with van der Waals surface area (Å²) in [6.07, 6.45) is 0. The molecule has 4 rings (SSSR count). The van der Waals surface area contributed by atoms with Gasteiger partial charge in [0, 0.05) is 9.79 Å². The third-order valence-electron chi connectivity index (χ3n) is 4.37. The third kappa shape index (κ3) is 4.04. The zero-order valence-electron chi connectivity index (χ0n) is 16.1. The van der Waals surface area contributed by atoms with Crippen LogP contribution in [0.5, 0.6) is 11.5 Å². The van der Waals surface area contributed by atoms with Gasteiger partial charge in [0.15, 0.2) is 18.1 Å². The van der Waals surface area contributed by atoms with Gasteiger partial charge in [-0.2, -0.15) is 0 Å². The molecule has 2 N–H and O–H groups in total. The van der Waals surface area contributed by atoms with Crippen molar-refractivity contribution in [2.45, 2.75) is 9.79 Å². The van der Waals surface area contributed by atoms with Gasteiger partial charge in [-0.25, -0.2) is 10.2 Å². The quantitative estimate of drug-likeness (QED) is 0.620. The van der Waals surface area contributed by atoms with Gasteiger partial charge in [0.05, 0.1) is 18.5 Å². The van der Waals surface area contributed by atoms with Crippen LogP contribution in [0.1, 0.15) is 0 Å². The molecule has 0 atom stereocenters. The van der Waals surface area contributed by atoms with E-state index in [-0.39, 0.29) is 6.61 Å². The van der Waals surface area contributed by atoms with Crippen molar-refractivity contribution in [3.05, 3.63) is 72.8 Å². The van der Waals surface area contributed by atoms with Gasteiger partial charge in [-0.1, -0.05) is 48.2 Å². The second-order valence-electron chi connectivity index (χ2n) is 6.29.